The minimum absolute atomic E-state index is 0.0301. The Morgan fingerprint density at radius 3 is 2.83 bits per heavy atom. The summed E-state index contributed by atoms with van der Waals surface area (Å²) in [5, 5.41) is 12.9. The SMILES string of the molecule is O=C1c2c(O)c(=O)ccn2N2CN1CC[C@H]1C[C@@H]1COc1cccc3c1[C@H]2c1ccccc1SC3. The lowest BCUT2D eigenvalue weighted by molar-refractivity contribution is 0.0671. The number of aromatic hydroxyl groups is 1. The molecule has 1 aromatic heterocycles. The van der Waals surface area contributed by atoms with Gasteiger partial charge < -0.3 is 14.7 Å². The molecule has 0 radical (unpaired) electrons. The van der Waals surface area contributed by atoms with E-state index in [0.29, 0.717) is 31.7 Å². The molecule has 1 aliphatic carbocycles. The molecule has 3 aliphatic heterocycles. The van der Waals surface area contributed by atoms with Crippen molar-refractivity contribution in [1.29, 1.82) is 0 Å². The van der Waals surface area contributed by atoms with Gasteiger partial charge in [0.25, 0.3) is 5.91 Å². The summed E-state index contributed by atoms with van der Waals surface area (Å²) in [5.41, 5.74) is 2.88. The Kier molecular flexibility index (Phi) is 4.67. The summed E-state index contributed by atoms with van der Waals surface area (Å²) in [4.78, 5) is 28.9. The van der Waals surface area contributed by atoms with Crippen LogP contribution in [0.25, 0.3) is 0 Å². The Balaban J connectivity index is 1.51. The van der Waals surface area contributed by atoms with Gasteiger partial charge in [-0.1, -0.05) is 30.3 Å². The maximum absolute atomic E-state index is 13.5. The summed E-state index contributed by atoms with van der Waals surface area (Å²) >= 11 is 1.80. The van der Waals surface area contributed by atoms with Crippen molar-refractivity contribution in [2.24, 2.45) is 11.8 Å². The number of amides is 1. The van der Waals surface area contributed by atoms with E-state index in [0.717, 1.165) is 35.5 Å². The van der Waals surface area contributed by atoms with E-state index in [9.17, 15) is 14.7 Å². The average Bonchev–Trinajstić information content (AvgIpc) is 3.65. The monoisotopic (exact) mass is 487 g/mol. The Hall–Kier alpha value is -3.39. The van der Waals surface area contributed by atoms with Crippen LogP contribution < -0.4 is 15.2 Å². The molecule has 2 bridgehead atoms. The predicted octanol–water partition coefficient (Wildman–Crippen LogP) is 3.72. The molecule has 35 heavy (non-hydrogen) atoms. The van der Waals surface area contributed by atoms with Crippen LogP contribution in [0.2, 0.25) is 0 Å². The van der Waals surface area contributed by atoms with E-state index in [-0.39, 0.29) is 17.6 Å². The highest BCUT2D eigenvalue weighted by Crippen LogP contribution is 2.48. The fourth-order valence-corrected chi connectivity index (χ4v) is 6.85. The third-order valence-corrected chi connectivity index (χ3v) is 8.89. The van der Waals surface area contributed by atoms with Crippen molar-refractivity contribution < 1.29 is 14.6 Å². The fraction of sp³-hybridized carbons (Fsp3) is 0.333. The van der Waals surface area contributed by atoms with Crippen LogP contribution in [-0.4, -0.2) is 40.4 Å². The molecular formula is C27H25N3O4S. The predicted molar refractivity (Wildman–Crippen MR) is 132 cm³/mol. The highest BCUT2D eigenvalue weighted by molar-refractivity contribution is 7.98. The molecule has 1 fully saturated rings. The first-order valence-electron chi connectivity index (χ1n) is 12.1. The van der Waals surface area contributed by atoms with Crippen molar-refractivity contribution in [3.8, 4) is 11.5 Å². The number of aromatic nitrogens is 1. The molecule has 3 atom stereocenters. The van der Waals surface area contributed by atoms with E-state index in [4.69, 9.17) is 4.74 Å². The van der Waals surface area contributed by atoms with E-state index < -0.39 is 11.2 Å². The highest BCUT2D eigenvalue weighted by atomic mass is 32.2. The van der Waals surface area contributed by atoms with E-state index in [1.807, 2.05) is 18.2 Å². The van der Waals surface area contributed by atoms with Crippen molar-refractivity contribution >= 4 is 17.7 Å². The number of ether oxygens (including phenoxy) is 1. The van der Waals surface area contributed by atoms with E-state index in [1.54, 1.807) is 27.5 Å². The number of rotatable bonds is 0. The smallest absolute Gasteiger partial charge is 0.277 e. The normalized spacial score (nSPS) is 24.5. The second-order valence-corrected chi connectivity index (χ2v) is 10.8. The van der Waals surface area contributed by atoms with Gasteiger partial charge in [-0.25, -0.2) is 0 Å². The topological polar surface area (TPSA) is 75.0 Å². The third kappa shape index (κ3) is 3.26. The quantitative estimate of drug-likeness (QED) is 0.521. The first kappa shape index (κ1) is 20.9. The van der Waals surface area contributed by atoms with Gasteiger partial charge in [0.2, 0.25) is 5.43 Å². The zero-order chi connectivity index (χ0) is 23.7. The van der Waals surface area contributed by atoms with Crippen molar-refractivity contribution in [3.63, 3.8) is 0 Å². The minimum Gasteiger partial charge on any atom is -0.502 e. The first-order chi connectivity index (χ1) is 17.1. The van der Waals surface area contributed by atoms with Gasteiger partial charge in [0.15, 0.2) is 11.4 Å². The fourth-order valence-electron chi connectivity index (χ4n) is 5.76. The number of carbonyl (C=O) groups excluding carboxylic acids is 1. The largest absolute Gasteiger partial charge is 0.502 e. The molecule has 178 valence electrons. The van der Waals surface area contributed by atoms with Gasteiger partial charge in [-0.05, 0) is 47.9 Å². The van der Waals surface area contributed by atoms with Crippen LogP contribution >= 0.6 is 11.8 Å². The van der Waals surface area contributed by atoms with Crippen molar-refractivity contribution in [2.75, 3.05) is 24.8 Å². The van der Waals surface area contributed by atoms with Crippen LogP contribution in [0, 0.1) is 11.8 Å². The van der Waals surface area contributed by atoms with Crippen LogP contribution in [0.3, 0.4) is 0 Å². The molecule has 4 heterocycles. The number of hydrogen-bond acceptors (Lipinski definition) is 6. The summed E-state index contributed by atoms with van der Waals surface area (Å²) < 4.78 is 8.18. The Morgan fingerprint density at radius 2 is 1.91 bits per heavy atom. The number of pyridine rings is 1. The Morgan fingerprint density at radius 1 is 1.03 bits per heavy atom. The summed E-state index contributed by atoms with van der Waals surface area (Å²) in [5.74, 6) is 1.90. The first-order valence-corrected chi connectivity index (χ1v) is 13.1. The molecule has 2 aromatic carbocycles. The number of nitrogens with zero attached hydrogens (tertiary/aromatic N) is 3. The summed E-state index contributed by atoms with van der Waals surface area (Å²) in [6, 6.07) is 15.7. The molecule has 0 unspecified atom stereocenters. The van der Waals surface area contributed by atoms with Crippen molar-refractivity contribution in [3.05, 3.63) is 87.3 Å². The number of hydrogen-bond donors (Lipinski definition) is 1. The van der Waals surface area contributed by atoms with E-state index in [1.165, 1.54) is 16.5 Å². The van der Waals surface area contributed by atoms with Crippen LogP contribution in [0.4, 0.5) is 0 Å². The van der Waals surface area contributed by atoms with Crippen LogP contribution in [0.15, 0.2) is 64.4 Å². The maximum atomic E-state index is 13.5. The highest BCUT2D eigenvalue weighted by Gasteiger charge is 2.43. The summed E-state index contributed by atoms with van der Waals surface area (Å²) in [7, 11) is 0. The number of benzene rings is 2. The molecule has 0 spiro atoms. The van der Waals surface area contributed by atoms with Gasteiger partial charge in [0.05, 0.1) is 6.61 Å². The van der Waals surface area contributed by atoms with Gasteiger partial charge in [-0.2, -0.15) is 0 Å². The number of fused-ring (bicyclic) bond motifs is 8. The van der Waals surface area contributed by atoms with Crippen LogP contribution in [0.5, 0.6) is 11.5 Å². The van der Waals surface area contributed by atoms with Gasteiger partial charge in [0.1, 0.15) is 18.5 Å². The van der Waals surface area contributed by atoms with Crippen LogP contribution in [0.1, 0.15) is 46.1 Å². The third-order valence-electron chi connectivity index (χ3n) is 7.75. The minimum atomic E-state index is -0.545. The molecule has 1 N–H and O–H groups in total. The summed E-state index contributed by atoms with van der Waals surface area (Å²) in [6.07, 6.45) is 3.60. The van der Waals surface area contributed by atoms with Gasteiger partial charge >= 0.3 is 0 Å². The molecule has 1 amide bonds. The average molecular weight is 488 g/mol. The molecule has 8 heteroatoms. The second kappa shape index (κ2) is 7.81. The van der Waals surface area contributed by atoms with Gasteiger partial charge in [-0.15, -0.1) is 11.8 Å². The van der Waals surface area contributed by atoms with Gasteiger partial charge in [-0.3, -0.25) is 19.3 Å². The van der Waals surface area contributed by atoms with Crippen molar-refractivity contribution in [1.82, 2.24) is 9.58 Å². The van der Waals surface area contributed by atoms with Crippen LogP contribution in [-0.2, 0) is 5.75 Å². The molecule has 4 aliphatic rings. The molecule has 7 rings (SSSR count). The van der Waals surface area contributed by atoms with E-state index in [2.05, 4.69) is 29.3 Å². The molecule has 0 saturated heterocycles. The standard InChI is InChI=1S/C27H25N3O4S/c31-20-9-11-29-25(26(20)32)27(33)28-10-8-16-12-18(16)13-34-21-6-3-4-17-14-35-22-7-2-1-5-19(22)24(23(17)21)30(29)15-28/h1-7,9,11,16,18,24,32H,8,10,12-15H2/t16-,18+,24+/m0/s1. The second-order valence-electron chi connectivity index (χ2n) is 9.78. The molecule has 1 saturated carbocycles. The number of carbonyl (C=O) groups is 1. The molecule has 7 nitrogen and oxygen atoms in total. The molecule has 3 aromatic rings. The maximum Gasteiger partial charge on any atom is 0.277 e. The molecular weight excluding hydrogens is 462 g/mol. The number of thioether (sulfide) groups is 1. The zero-order valence-corrected chi connectivity index (χ0v) is 19.9. The van der Waals surface area contributed by atoms with Gasteiger partial charge in [0, 0.05) is 35.0 Å². The summed E-state index contributed by atoms with van der Waals surface area (Å²) in [6.45, 7) is 1.61. The van der Waals surface area contributed by atoms with Crippen molar-refractivity contribution in [2.45, 2.75) is 29.5 Å². The zero-order valence-electron chi connectivity index (χ0n) is 19.1. The lowest BCUT2D eigenvalue weighted by atomic mass is 9.93. The lowest BCUT2D eigenvalue weighted by Crippen LogP contribution is -2.55. The Labute approximate surface area is 206 Å². The Bertz CT molecular complexity index is 1420. The van der Waals surface area contributed by atoms with E-state index >= 15 is 0 Å². The lowest BCUT2D eigenvalue weighted by Gasteiger charge is -2.44.